The minimum atomic E-state index is -1.84. The Morgan fingerprint density at radius 2 is 2.05 bits per heavy atom. The lowest BCUT2D eigenvalue weighted by molar-refractivity contribution is -0.141. The second-order valence-corrected chi connectivity index (χ2v) is 5.74. The Morgan fingerprint density at radius 1 is 1.40 bits per heavy atom. The molecule has 108 valence electrons. The van der Waals surface area contributed by atoms with E-state index in [2.05, 4.69) is 0 Å². The molecule has 0 fully saturated rings. The summed E-state index contributed by atoms with van der Waals surface area (Å²) in [6.45, 7) is 3.66. The molecule has 4 nitrogen and oxygen atoms in total. The van der Waals surface area contributed by atoms with Gasteiger partial charge in [-0.1, -0.05) is 36.2 Å². The van der Waals surface area contributed by atoms with Crippen LogP contribution in [0.15, 0.2) is 12.1 Å². The van der Waals surface area contributed by atoms with E-state index in [0.29, 0.717) is 29.2 Å². The number of nitrogens with zero attached hydrogens (tertiary/aromatic N) is 1. The number of amides is 1. The zero-order valence-corrected chi connectivity index (χ0v) is 12.8. The predicted molar refractivity (Wildman–Crippen MR) is 78.3 cm³/mol. The lowest BCUT2D eigenvalue weighted by Crippen LogP contribution is -2.41. The normalized spacial score (nSPS) is 21.2. The van der Waals surface area contributed by atoms with Crippen LogP contribution in [-0.4, -0.2) is 23.3 Å². The second kappa shape index (κ2) is 5.35. The van der Waals surface area contributed by atoms with Gasteiger partial charge in [-0.15, -0.1) is 0 Å². The van der Waals surface area contributed by atoms with Crippen molar-refractivity contribution in [1.29, 1.82) is 0 Å². The van der Waals surface area contributed by atoms with Crippen LogP contribution in [0.1, 0.15) is 32.3 Å². The maximum Gasteiger partial charge on any atom is 0.264 e. The number of rotatable bonds is 4. The summed E-state index contributed by atoms with van der Waals surface area (Å²) >= 11 is 12.2. The average Bonchev–Trinajstić information content (AvgIpc) is 2.56. The van der Waals surface area contributed by atoms with Gasteiger partial charge in [-0.2, -0.15) is 0 Å². The molecule has 1 aliphatic heterocycles. The maximum atomic E-state index is 12.5. The third kappa shape index (κ3) is 2.22. The van der Waals surface area contributed by atoms with Gasteiger partial charge >= 0.3 is 0 Å². The minimum absolute atomic E-state index is 0.227. The second-order valence-electron chi connectivity index (χ2n) is 4.95. The molecule has 1 N–H and O–H groups in total. The van der Waals surface area contributed by atoms with Gasteiger partial charge in [0.15, 0.2) is 5.60 Å². The van der Waals surface area contributed by atoms with E-state index in [1.807, 2.05) is 6.92 Å². The number of carbonyl (C=O) groups is 2. The number of hydrogen-bond donors (Lipinski definition) is 1. The lowest BCUT2D eigenvalue weighted by Gasteiger charge is -2.21. The van der Waals surface area contributed by atoms with Crippen molar-refractivity contribution in [3.05, 3.63) is 27.7 Å². The molecule has 0 saturated heterocycles. The van der Waals surface area contributed by atoms with Gasteiger partial charge < -0.3 is 10.0 Å². The van der Waals surface area contributed by atoms with Crippen molar-refractivity contribution in [3.63, 3.8) is 0 Å². The number of carbonyl (C=O) groups excluding carboxylic acids is 2. The molecule has 0 bridgehead atoms. The monoisotopic (exact) mass is 315 g/mol. The van der Waals surface area contributed by atoms with Crippen molar-refractivity contribution < 1.29 is 14.7 Å². The fourth-order valence-corrected chi connectivity index (χ4v) is 2.96. The van der Waals surface area contributed by atoms with E-state index in [-0.39, 0.29) is 17.2 Å². The Kier molecular flexibility index (Phi) is 4.09. The van der Waals surface area contributed by atoms with Gasteiger partial charge in [0.2, 0.25) is 0 Å². The van der Waals surface area contributed by atoms with Crippen molar-refractivity contribution in [2.24, 2.45) is 0 Å². The first kappa shape index (κ1) is 15.3. The third-order valence-corrected chi connectivity index (χ3v) is 4.13. The Bertz CT molecular complexity index is 588. The van der Waals surface area contributed by atoms with Crippen LogP contribution in [0, 0.1) is 0 Å². The van der Waals surface area contributed by atoms with Crippen LogP contribution >= 0.6 is 23.2 Å². The van der Waals surface area contributed by atoms with E-state index in [9.17, 15) is 14.7 Å². The van der Waals surface area contributed by atoms with E-state index in [4.69, 9.17) is 23.2 Å². The largest absolute Gasteiger partial charge is 0.375 e. The number of fused-ring (bicyclic) bond motifs is 1. The SMILES string of the molecule is CCCN1C(=O)C(O)(CC(C)=O)c2ccc(Cl)c(Cl)c21. The summed E-state index contributed by atoms with van der Waals surface area (Å²) in [7, 11) is 0. The predicted octanol–water partition coefficient (Wildman–Crippen LogP) is 2.92. The van der Waals surface area contributed by atoms with Crippen molar-refractivity contribution in [2.45, 2.75) is 32.3 Å². The smallest absolute Gasteiger partial charge is 0.264 e. The maximum absolute atomic E-state index is 12.5. The van der Waals surface area contributed by atoms with E-state index in [0.717, 1.165) is 0 Å². The zero-order chi connectivity index (χ0) is 15.1. The molecule has 0 spiro atoms. The summed E-state index contributed by atoms with van der Waals surface area (Å²) in [6.07, 6.45) is 0.432. The molecule has 1 atom stereocenters. The first-order chi connectivity index (χ1) is 9.32. The summed E-state index contributed by atoms with van der Waals surface area (Å²) in [6, 6.07) is 3.08. The van der Waals surface area contributed by atoms with Crippen LogP contribution in [0.25, 0.3) is 0 Å². The number of aliphatic hydroxyl groups is 1. The van der Waals surface area contributed by atoms with Crippen LogP contribution in [0.4, 0.5) is 5.69 Å². The highest BCUT2D eigenvalue weighted by molar-refractivity contribution is 6.44. The van der Waals surface area contributed by atoms with Gasteiger partial charge in [0.05, 0.1) is 15.7 Å². The van der Waals surface area contributed by atoms with Crippen LogP contribution in [0.2, 0.25) is 10.0 Å². The highest BCUT2D eigenvalue weighted by Crippen LogP contribution is 2.48. The van der Waals surface area contributed by atoms with Crippen molar-refractivity contribution in [3.8, 4) is 0 Å². The highest BCUT2D eigenvalue weighted by Gasteiger charge is 2.51. The van der Waals surface area contributed by atoms with Gasteiger partial charge in [0.25, 0.3) is 5.91 Å². The van der Waals surface area contributed by atoms with E-state index in [1.165, 1.54) is 17.9 Å². The van der Waals surface area contributed by atoms with E-state index < -0.39 is 11.5 Å². The number of halogens is 2. The minimum Gasteiger partial charge on any atom is -0.375 e. The molecule has 1 heterocycles. The third-order valence-electron chi connectivity index (χ3n) is 3.34. The molecule has 20 heavy (non-hydrogen) atoms. The van der Waals surface area contributed by atoms with Crippen molar-refractivity contribution in [1.82, 2.24) is 0 Å². The van der Waals surface area contributed by atoms with Gasteiger partial charge in [-0.05, 0) is 19.4 Å². The fraction of sp³-hybridized carbons (Fsp3) is 0.429. The first-order valence-corrected chi connectivity index (χ1v) is 7.10. The molecule has 6 heteroatoms. The number of ketones is 1. The molecule has 0 radical (unpaired) electrons. The Hall–Kier alpha value is -1.10. The Balaban J connectivity index is 2.65. The van der Waals surface area contributed by atoms with Crippen molar-refractivity contribution in [2.75, 3.05) is 11.4 Å². The molecule has 2 rings (SSSR count). The van der Waals surface area contributed by atoms with Gasteiger partial charge in [-0.3, -0.25) is 9.59 Å². The Labute approximate surface area is 127 Å². The van der Waals surface area contributed by atoms with Gasteiger partial charge in [0.1, 0.15) is 5.78 Å². The summed E-state index contributed by atoms with van der Waals surface area (Å²) in [5, 5.41) is 11.2. The quantitative estimate of drug-likeness (QED) is 0.929. The summed E-state index contributed by atoms with van der Waals surface area (Å²) in [5.74, 6) is -0.787. The van der Waals surface area contributed by atoms with E-state index >= 15 is 0 Å². The van der Waals surface area contributed by atoms with E-state index in [1.54, 1.807) is 6.07 Å². The van der Waals surface area contributed by atoms with Crippen LogP contribution in [0.3, 0.4) is 0 Å². The van der Waals surface area contributed by atoms with Crippen LogP contribution in [-0.2, 0) is 15.2 Å². The molecular formula is C14H15Cl2NO3. The standard InChI is InChI=1S/C14H15Cl2NO3/c1-3-6-17-12-9(4-5-10(15)11(12)16)14(20,13(17)19)7-8(2)18/h4-5,20H,3,6-7H2,1-2H3. The molecule has 1 amide bonds. The molecule has 1 aliphatic rings. The summed E-state index contributed by atoms with van der Waals surface area (Å²) in [5.41, 5.74) is -1.08. The number of Topliss-reactive ketones (excluding diaryl/α,β-unsaturated/α-hetero) is 1. The number of anilines is 1. The Morgan fingerprint density at radius 3 is 2.60 bits per heavy atom. The van der Waals surface area contributed by atoms with Crippen LogP contribution < -0.4 is 4.90 Å². The van der Waals surface area contributed by atoms with Gasteiger partial charge in [0, 0.05) is 18.5 Å². The number of benzene rings is 1. The van der Waals surface area contributed by atoms with Crippen molar-refractivity contribution >= 4 is 40.6 Å². The molecule has 0 aromatic heterocycles. The molecular weight excluding hydrogens is 301 g/mol. The summed E-state index contributed by atoms with van der Waals surface area (Å²) < 4.78 is 0. The molecule has 1 unspecified atom stereocenters. The lowest BCUT2D eigenvalue weighted by atomic mass is 9.90. The van der Waals surface area contributed by atoms with Crippen LogP contribution in [0.5, 0.6) is 0 Å². The highest BCUT2D eigenvalue weighted by atomic mass is 35.5. The molecule has 0 aliphatic carbocycles. The topological polar surface area (TPSA) is 57.6 Å². The first-order valence-electron chi connectivity index (χ1n) is 6.35. The molecule has 1 aromatic carbocycles. The molecule has 1 aromatic rings. The molecule has 0 saturated carbocycles. The van der Waals surface area contributed by atoms with Gasteiger partial charge in [-0.25, -0.2) is 0 Å². The fourth-order valence-electron chi connectivity index (χ4n) is 2.55. The zero-order valence-electron chi connectivity index (χ0n) is 11.2. The average molecular weight is 316 g/mol. The summed E-state index contributed by atoms with van der Waals surface area (Å²) in [4.78, 5) is 25.3. The number of hydrogen-bond acceptors (Lipinski definition) is 3.